The minimum absolute atomic E-state index is 0.0864. The molecule has 0 N–H and O–H groups in total. The van der Waals surface area contributed by atoms with E-state index in [1.165, 1.54) is 50.1 Å². The lowest BCUT2D eigenvalue weighted by molar-refractivity contribution is -0.0880. The molecule has 9 aromatic carbocycles. The van der Waals surface area contributed by atoms with Crippen molar-refractivity contribution in [3.05, 3.63) is 319 Å². The molecule has 0 fully saturated rings. The van der Waals surface area contributed by atoms with Crippen LogP contribution in [0, 0.1) is 0 Å². The zero-order valence-electron chi connectivity index (χ0n) is 71.4. The fraction of sp³-hybridized carbons (Fsp3) is 0.471. The van der Waals surface area contributed by atoms with Crippen molar-refractivity contribution in [1.29, 1.82) is 0 Å². The minimum Gasteiger partial charge on any atom is -0.371 e. The molecule has 0 heterocycles. The molecule has 0 saturated carbocycles. The van der Waals surface area contributed by atoms with E-state index in [9.17, 15) is 14.0 Å². The Morgan fingerprint density at radius 3 is 0.387 bits per heavy atom. The van der Waals surface area contributed by atoms with Crippen molar-refractivity contribution >= 4 is 7.32 Å². The van der Waals surface area contributed by atoms with Gasteiger partial charge in [-0.2, -0.15) is 0 Å². The predicted octanol–water partition coefficient (Wildman–Crippen LogP) is 28.1. The van der Waals surface area contributed by atoms with Crippen LogP contribution in [0.2, 0.25) is 0 Å². The number of rotatable bonds is 21. The smallest absolute Gasteiger partial charge is 0.371 e. The van der Waals surface area contributed by atoms with Gasteiger partial charge >= 0.3 is 7.32 Å². The third-order valence-corrected chi connectivity index (χ3v) is 23.2. The molecular formula is C102H135BO3. The first-order chi connectivity index (χ1) is 49.0. The molecule has 564 valence electrons. The van der Waals surface area contributed by atoms with Crippen molar-refractivity contribution in [1.82, 2.24) is 0 Å². The van der Waals surface area contributed by atoms with Gasteiger partial charge in [-0.15, -0.1) is 0 Å². The van der Waals surface area contributed by atoms with Gasteiger partial charge in [0.15, 0.2) is 0 Å². The molecule has 3 atom stereocenters. The van der Waals surface area contributed by atoms with Crippen molar-refractivity contribution in [2.24, 2.45) is 0 Å². The maximum atomic E-state index is 9.22. The molecular weight excluding hydrogens is 1280 g/mol. The maximum Gasteiger partial charge on any atom is 0.642 e. The lowest BCUT2D eigenvalue weighted by Crippen LogP contribution is -2.54. The summed E-state index contributed by atoms with van der Waals surface area (Å²) in [6, 6.07) is 85.0. The van der Waals surface area contributed by atoms with Crippen LogP contribution in [0.5, 0.6) is 0 Å². The normalized spacial score (nSPS) is 14.4. The SMILES string of the molecule is CCC(c1ccc(C(C)(C)C)cc1)C(OB(OC(c1ccc(C(C)(C)C)cc1)(c1ccc(C(C)(C)C)cc1)C(CC)c1ccc(C(C)(C)C)cc1)OC(c1ccc(C(C)(C)C)cc1)(c1ccc(C(C)(C)C)cc1)C(CC)c1ccc(C(C)(C)C)cc1)(c1ccc(C(C)(C)C)cc1)c1ccc(C(C)(C)C)cc1. The van der Waals surface area contributed by atoms with Crippen LogP contribution in [0.15, 0.2) is 218 Å². The first kappa shape index (κ1) is 83.0. The number of hydrogen-bond donors (Lipinski definition) is 0. The maximum absolute atomic E-state index is 9.22. The average Bonchev–Trinajstić information content (AvgIpc) is 0.724. The van der Waals surface area contributed by atoms with Crippen LogP contribution in [-0.4, -0.2) is 7.32 Å². The van der Waals surface area contributed by atoms with Crippen LogP contribution in [0.1, 0.15) is 345 Å². The lowest BCUT2D eigenvalue weighted by atomic mass is 9.67. The minimum atomic E-state index is -1.49. The zero-order chi connectivity index (χ0) is 78.4. The van der Waals surface area contributed by atoms with E-state index in [-0.39, 0.29) is 66.5 Å². The van der Waals surface area contributed by atoms with E-state index in [4.69, 9.17) is 0 Å². The third kappa shape index (κ3) is 17.8. The van der Waals surface area contributed by atoms with E-state index in [0.717, 1.165) is 50.1 Å². The average molecular weight is 1420 g/mol. The second kappa shape index (κ2) is 30.8. The lowest BCUT2D eigenvalue weighted by Gasteiger charge is -2.50. The molecule has 3 unspecified atom stereocenters. The summed E-state index contributed by atoms with van der Waals surface area (Å²) in [7, 11) is -1.49. The Labute approximate surface area is 646 Å². The van der Waals surface area contributed by atoms with E-state index in [1.807, 2.05) is 0 Å². The number of hydrogen-bond acceptors (Lipinski definition) is 3. The highest BCUT2D eigenvalue weighted by molar-refractivity contribution is 6.37. The molecule has 0 amide bonds. The molecule has 9 aromatic rings. The van der Waals surface area contributed by atoms with Gasteiger partial charge in [0.25, 0.3) is 0 Å². The van der Waals surface area contributed by atoms with E-state index in [1.54, 1.807) is 0 Å². The Balaban J connectivity index is 1.58. The van der Waals surface area contributed by atoms with Crippen molar-refractivity contribution < 1.29 is 14.0 Å². The van der Waals surface area contributed by atoms with Gasteiger partial charge in [0.1, 0.15) is 16.8 Å². The Hall–Kier alpha value is -7.08. The molecule has 0 aliphatic carbocycles. The summed E-state index contributed by atoms with van der Waals surface area (Å²) in [6.45, 7) is 69.4. The third-order valence-electron chi connectivity index (χ3n) is 23.2. The zero-order valence-corrected chi connectivity index (χ0v) is 71.4. The number of benzene rings is 9. The van der Waals surface area contributed by atoms with Crippen LogP contribution in [-0.2, 0) is 79.5 Å². The summed E-state index contributed by atoms with van der Waals surface area (Å²) < 4.78 is 27.7. The molecule has 0 bridgehead atoms. The van der Waals surface area contributed by atoms with E-state index in [2.05, 4.69) is 426 Å². The molecule has 0 saturated heterocycles. The second-order valence-electron chi connectivity index (χ2n) is 40.3. The summed E-state index contributed by atoms with van der Waals surface area (Å²) in [6.07, 6.45) is 2.08. The van der Waals surface area contributed by atoms with Gasteiger partial charge in [-0.05, 0) is 168 Å². The first-order valence-corrected chi connectivity index (χ1v) is 40.0. The van der Waals surface area contributed by atoms with E-state index >= 15 is 0 Å². The van der Waals surface area contributed by atoms with E-state index < -0.39 is 24.1 Å². The molecule has 0 aromatic heterocycles. The van der Waals surface area contributed by atoms with Gasteiger partial charge in [0.2, 0.25) is 0 Å². The second-order valence-corrected chi connectivity index (χ2v) is 40.3. The van der Waals surface area contributed by atoms with Crippen LogP contribution in [0.25, 0.3) is 0 Å². The molecule has 0 aliphatic heterocycles. The monoisotopic (exact) mass is 1420 g/mol. The highest BCUT2D eigenvalue weighted by Crippen LogP contribution is 2.57. The molecule has 0 radical (unpaired) electrons. The van der Waals surface area contributed by atoms with Crippen LogP contribution in [0.4, 0.5) is 0 Å². The van der Waals surface area contributed by atoms with Gasteiger partial charge in [-0.3, -0.25) is 0 Å². The van der Waals surface area contributed by atoms with Gasteiger partial charge in [-0.1, -0.05) is 426 Å². The Morgan fingerprint density at radius 2 is 0.283 bits per heavy atom. The molecule has 9 rings (SSSR count). The Bertz CT molecular complexity index is 3670. The molecule has 4 heteroatoms. The van der Waals surface area contributed by atoms with Gasteiger partial charge in [-0.25, -0.2) is 0 Å². The quantitative estimate of drug-likeness (QED) is 0.0671. The summed E-state index contributed by atoms with van der Waals surface area (Å²) >= 11 is 0. The van der Waals surface area contributed by atoms with Gasteiger partial charge in [0.05, 0.1) is 0 Å². The predicted molar refractivity (Wildman–Crippen MR) is 457 cm³/mol. The Morgan fingerprint density at radius 1 is 0.179 bits per heavy atom. The van der Waals surface area contributed by atoms with Crippen molar-refractivity contribution in [3.8, 4) is 0 Å². The molecule has 0 aliphatic rings. The van der Waals surface area contributed by atoms with Gasteiger partial charge < -0.3 is 14.0 Å². The largest absolute Gasteiger partial charge is 0.642 e. The molecule has 0 spiro atoms. The summed E-state index contributed by atoms with van der Waals surface area (Å²) in [4.78, 5) is 0. The van der Waals surface area contributed by atoms with Gasteiger partial charge in [0, 0.05) is 17.8 Å². The highest BCUT2D eigenvalue weighted by atomic mass is 16.8. The fourth-order valence-corrected chi connectivity index (χ4v) is 16.1. The topological polar surface area (TPSA) is 27.7 Å². The van der Waals surface area contributed by atoms with Crippen molar-refractivity contribution in [2.45, 2.75) is 310 Å². The van der Waals surface area contributed by atoms with Crippen LogP contribution < -0.4 is 0 Å². The van der Waals surface area contributed by atoms with Crippen molar-refractivity contribution in [3.63, 3.8) is 0 Å². The van der Waals surface area contributed by atoms with Crippen LogP contribution in [0.3, 0.4) is 0 Å². The van der Waals surface area contributed by atoms with E-state index in [0.29, 0.717) is 19.3 Å². The Kier molecular flexibility index (Phi) is 24.1. The highest BCUT2D eigenvalue weighted by Gasteiger charge is 2.57. The summed E-state index contributed by atoms with van der Waals surface area (Å²) in [5.41, 5.74) is 15.6. The van der Waals surface area contributed by atoms with Crippen LogP contribution >= 0.6 is 0 Å². The fourth-order valence-electron chi connectivity index (χ4n) is 16.1. The molecule has 3 nitrogen and oxygen atoms in total. The standard InChI is InChI=1S/C102H135BO3/c1-31-88(70-34-40-73(41-35-70)91(4,5)6)100(82-58-46-76(47-59-82)94(13,14)15,83-60-48-77(49-61-83)95(16,17)18)104-103(105-101(84-62-50-78(51-63-84)96(19,20)21,85-64-52-79(53-65-85)97(22,23)24)89(32-2)71-36-42-74(43-37-71)92(7,8)9)106-102(86-66-54-80(55-67-86)98(25,26)27,87-68-56-81(57-69-87)99(28,29)30)90(33-3)72-38-44-75(45-39-72)93(10,11)12/h34-69,88-90H,31-33H2,1-30H3. The summed E-state index contributed by atoms with van der Waals surface area (Å²) in [5, 5.41) is 0. The first-order valence-electron chi connectivity index (χ1n) is 40.0. The van der Waals surface area contributed by atoms with Crippen molar-refractivity contribution in [2.75, 3.05) is 0 Å². The molecule has 106 heavy (non-hydrogen) atoms. The summed E-state index contributed by atoms with van der Waals surface area (Å²) in [5.74, 6) is -0.975.